The van der Waals surface area contributed by atoms with Crippen LogP contribution in [0.15, 0.2) is 42.5 Å². The lowest BCUT2D eigenvalue weighted by atomic mass is 9.97. The largest absolute Gasteiger partial charge is 0.454 e. The molecule has 0 fully saturated rings. The molecule has 0 aromatic heterocycles. The van der Waals surface area contributed by atoms with Crippen LogP contribution in [-0.2, 0) is 9.53 Å². The Morgan fingerprint density at radius 1 is 1.12 bits per heavy atom. The van der Waals surface area contributed by atoms with Crippen LogP contribution in [0.1, 0.15) is 32.6 Å². The maximum Gasteiger partial charge on any atom is 0.331 e. The summed E-state index contributed by atoms with van der Waals surface area (Å²) in [5.74, 6) is -1.02. The summed E-state index contributed by atoms with van der Waals surface area (Å²) in [5, 5.41) is 10.9. The standard InChI is InChI=1S/C20H19NO5/c1-13-10-14(2)20(15(3)11-13)18(22)12-26-19(23)9-8-16-6-4-5-7-17(16)21(24)25/h4-11H,12H2,1-3H3/b9-8+. The first-order valence-electron chi connectivity index (χ1n) is 7.99. The maximum absolute atomic E-state index is 12.3. The molecule has 26 heavy (non-hydrogen) atoms. The Morgan fingerprint density at radius 3 is 2.35 bits per heavy atom. The Hall–Kier alpha value is -3.28. The first-order chi connectivity index (χ1) is 12.3. The van der Waals surface area contributed by atoms with Gasteiger partial charge in [-0.2, -0.15) is 0 Å². The van der Waals surface area contributed by atoms with E-state index in [9.17, 15) is 19.7 Å². The highest BCUT2D eigenvalue weighted by Gasteiger charge is 2.15. The molecule has 0 unspecified atom stereocenters. The second-order valence-corrected chi connectivity index (χ2v) is 5.95. The number of hydrogen-bond donors (Lipinski definition) is 0. The Bertz CT molecular complexity index is 876. The third-order valence-corrected chi connectivity index (χ3v) is 3.83. The minimum atomic E-state index is -0.737. The van der Waals surface area contributed by atoms with Gasteiger partial charge in [-0.3, -0.25) is 14.9 Å². The third kappa shape index (κ3) is 4.63. The Morgan fingerprint density at radius 2 is 1.73 bits per heavy atom. The molecule has 134 valence electrons. The molecule has 0 spiro atoms. The molecule has 0 atom stereocenters. The highest BCUT2D eigenvalue weighted by atomic mass is 16.6. The van der Waals surface area contributed by atoms with Crippen molar-refractivity contribution in [2.45, 2.75) is 20.8 Å². The Kier molecular flexibility index (Phi) is 6.01. The van der Waals surface area contributed by atoms with Gasteiger partial charge in [0.05, 0.1) is 10.5 Å². The molecule has 0 saturated carbocycles. The quantitative estimate of drug-likeness (QED) is 0.258. The number of ether oxygens (including phenoxy) is 1. The van der Waals surface area contributed by atoms with Crippen molar-refractivity contribution in [1.82, 2.24) is 0 Å². The molecule has 0 radical (unpaired) electrons. The average Bonchev–Trinajstić information content (AvgIpc) is 2.57. The molecule has 2 rings (SSSR count). The summed E-state index contributed by atoms with van der Waals surface area (Å²) in [6, 6.07) is 9.83. The molecular weight excluding hydrogens is 334 g/mol. The van der Waals surface area contributed by atoms with Crippen LogP contribution in [0.4, 0.5) is 5.69 Å². The second kappa shape index (κ2) is 8.20. The zero-order valence-corrected chi connectivity index (χ0v) is 14.8. The number of Topliss-reactive ketones (excluding diaryl/α,β-unsaturated/α-hetero) is 1. The fourth-order valence-corrected chi connectivity index (χ4v) is 2.83. The van der Waals surface area contributed by atoms with Gasteiger partial charge in [-0.05, 0) is 44.0 Å². The van der Waals surface area contributed by atoms with Gasteiger partial charge in [0.2, 0.25) is 5.78 Å². The van der Waals surface area contributed by atoms with E-state index in [4.69, 9.17) is 4.74 Å². The van der Waals surface area contributed by atoms with Crippen molar-refractivity contribution in [3.63, 3.8) is 0 Å². The monoisotopic (exact) mass is 353 g/mol. The second-order valence-electron chi connectivity index (χ2n) is 5.95. The highest BCUT2D eigenvalue weighted by Crippen LogP contribution is 2.19. The van der Waals surface area contributed by atoms with Crippen LogP contribution in [0.25, 0.3) is 6.08 Å². The molecular formula is C20H19NO5. The molecule has 0 heterocycles. The fraction of sp³-hybridized carbons (Fsp3) is 0.200. The van der Waals surface area contributed by atoms with Crippen molar-refractivity contribution >= 4 is 23.5 Å². The molecule has 0 aliphatic heterocycles. The van der Waals surface area contributed by atoms with E-state index >= 15 is 0 Å². The number of para-hydroxylation sites is 1. The number of carbonyl (C=O) groups excluding carboxylic acids is 2. The van der Waals surface area contributed by atoms with Gasteiger partial charge < -0.3 is 4.74 Å². The Labute approximate surface area is 151 Å². The van der Waals surface area contributed by atoms with Crippen LogP contribution in [0.2, 0.25) is 0 Å². The first-order valence-corrected chi connectivity index (χ1v) is 7.99. The minimum absolute atomic E-state index is 0.112. The van der Waals surface area contributed by atoms with Crippen molar-refractivity contribution in [3.05, 3.63) is 80.4 Å². The van der Waals surface area contributed by atoms with E-state index in [-0.39, 0.29) is 23.6 Å². The van der Waals surface area contributed by atoms with E-state index in [1.165, 1.54) is 18.2 Å². The molecule has 2 aromatic rings. The number of rotatable bonds is 6. The zero-order chi connectivity index (χ0) is 19.3. The van der Waals surface area contributed by atoms with Crippen LogP contribution >= 0.6 is 0 Å². The maximum atomic E-state index is 12.3. The lowest BCUT2D eigenvalue weighted by Crippen LogP contribution is -2.15. The van der Waals surface area contributed by atoms with Gasteiger partial charge in [-0.1, -0.05) is 29.8 Å². The molecule has 0 amide bonds. The van der Waals surface area contributed by atoms with E-state index in [2.05, 4.69) is 0 Å². The number of nitro benzene ring substituents is 1. The van der Waals surface area contributed by atoms with Crippen LogP contribution in [-0.4, -0.2) is 23.3 Å². The van der Waals surface area contributed by atoms with E-state index in [0.29, 0.717) is 5.56 Å². The van der Waals surface area contributed by atoms with Crippen LogP contribution in [0.3, 0.4) is 0 Å². The number of hydrogen-bond acceptors (Lipinski definition) is 5. The minimum Gasteiger partial charge on any atom is -0.454 e. The zero-order valence-electron chi connectivity index (χ0n) is 14.8. The van der Waals surface area contributed by atoms with Crippen molar-refractivity contribution in [2.24, 2.45) is 0 Å². The third-order valence-electron chi connectivity index (χ3n) is 3.83. The number of nitrogens with zero attached hydrogens (tertiary/aromatic N) is 1. The smallest absolute Gasteiger partial charge is 0.331 e. The molecule has 0 N–H and O–H groups in total. The molecule has 0 aliphatic carbocycles. The summed E-state index contributed by atoms with van der Waals surface area (Å²) in [7, 11) is 0. The van der Waals surface area contributed by atoms with E-state index in [1.54, 1.807) is 12.1 Å². The van der Waals surface area contributed by atoms with Crippen LogP contribution < -0.4 is 0 Å². The van der Waals surface area contributed by atoms with Crippen molar-refractivity contribution in [3.8, 4) is 0 Å². The number of esters is 1. The van der Waals surface area contributed by atoms with E-state index in [0.717, 1.165) is 22.8 Å². The lowest BCUT2D eigenvalue weighted by molar-refractivity contribution is -0.385. The molecule has 0 saturated heterocycles. The number of ketones is 1. The summed E-state index contributed by atoms with van der Waals surface area (Å²) >= 11 is 0. The summed E-state index contributed by atoms with van der Waals surface area (Å²) in [6.45, 7) is 5.24. The summed E-state index contributed by atoms with van der Waals surface area (Å²) in [5.41, 5.74) is 3.44. The van der Waals surface area contributed by atoms with Crippen LogP contribution in [0, 0.1) is 30.9 Å². The number of carbonyl (C=O) groups is 2. The normalized spacial score (nSPS) is 10.7. The number of nitro groups is 1. The fourth-order valence-electron chi connectivity index (χ4n) is 2.83. The van der Waals surface area contributed by atoms with Gasteiger partial charge in [0.25, 0.3) is 5.69 Å². The predicted octanol–water partition coefficient (Wildman–Crippen LogP) is 3.96. The summed E-state index contributed by atoms with van der Waals surface area (Å²) in [6.07, 6.45) is 2.37. The van der Waals surface area contributed by atoms with E-state index < -0.39 is 10.9 Å². The summed E-state index contributed by atoms with van der Waals surface area (Å²) in [4.78, 5) is 34.6. The molecule has 2 aromatic carbocycles. The van der Waals surface area contributed by atoms with Crippen LogP contribution in [0.5, 0.6) is 0 Å². The van der Waals surface area contributed by atoms with Gasteiger partial charge in [-0.25, -0.2) is 4.79 Å². The van der Waals surface area contributed by atoms with Crippen molar-refractivity contribution < 1.29 is 19.2 Å². The Balaban J connectivity index is 2.04. The molecule has 0 aliphatic rings. The predicted molar refractivity (Wildman–Crippen MR) is 98.1 cm³/mol. The van der Waals surface area contributed by atoms with Gasteiger partial charge in [0.15, 0.2) is 6.61 Å². The number of aryl methyl sites for hydroxylation is 3. The molecule has 6 nitrogen and oxygen atoms in total. The SMILES string of the molecule is Cc1cc(C)c(C(=O)COC(=O)/C=C/c2ccccc2[N+](=O)[O-])c(C)c1. The van der Waals surface area contributed by atoms with Gasteiger partial charge >= 0.3 is 5.97 Å². The number of benzene rings is 2. The van der Waals surface area contributed by atoms with Gasteiger partial charge in [-0.15, -0.1) is 0 Å². The molecule has 6 heteroatoms. The average molecular weight is 353 g/mol. The van der Waals surface area contributed by atoms with Crippen molar-refractivity contribution in [2.75, 3.05) is 6.61 Å². The molecule has 0 bridgehead atoms. The first kappa shape index (κ1) is 19.1. The topological polar surface area (TPSA) is 86.5 Å². The van der Waals surface area contributed by atoms with E-state index in [1.807, 2.05) is 32.9 Å². The highest BCUT2D eigenvalue weighted by molar-refractivity contribution is 6.01. The van der Waals surface area contributed by atoms with Crippen molar-refractivity contribution in [1.29, 1.82) is 0 Å². The summed E-state index contributed by atoms with van der Waals surface area (Å²) < 4.78 is 4.98. The van der Waals surface area contributed by atoms with Gasteiger partial charge in [0, 0.05) is 17.7 Å². The lowest BCUT2D eigenvalue weighted by Gasteiger charge is -2.10. The van der Waals surface area contributed by atoms with Gasteiger partial charge in [0.1, 0.15) is 0 Å².